The van der Waals surface area contributed by atoms with Gasteiger partial charge in [-0.3, -0.25) is 4.79 Å². The van der Waals surface area contributed by atoms with Crippen LogP contribution in [0.15, 0.2) is 12.1 Å². The van der Waals surface area contributed by atoms with Gasteiger partial charge in [-0.1, -0.05) is 0 Å². The zero-order chi connectivity index (χ0) is 14.9. The van der Waals surface area contributed by atoms with Gasteiger partial charge in [0.25, 0.3) is 0 Å². The van der Waals surface area contributed by atoms with Gasteiger partial charge < -0.3 is 14.6 Å². The molecule has 1 fully saturated rings. The third-order valence-corrected chi connectivity index (χ3v) is 3.51. The van der Waals surface area contributed by atoms with Gasteiger partial charge in [0.05, 0.1) is 19.6 Å². The van der Waals surface area contributed by atoms with E-state index in [0.29, 0.717) is 17.1 Å². The van der Waals surface area contributed by atoms with Gasteiger partial charge >= 0.3 is 5.97 Å². The van der Waals surface area contributed by atoms with Crippen molar-refractivity contribution in [3.63, 3.8) is 0 Å². The van der Waals surface area contributed by atoms with Gasteiger partial charge in [-0.05, 0) is 32.8 Å². The lowest BCUT2D eigenvalue weighted by atomic mass is 9.91. The minimum Gasteiger partial charge on any atom is -0.493 e. The molecular weight excluding hydrogens is 263 g/mol. The molecular formula is C15H19FO4. The number of carboxylic acid groups (broad SMARTS) is 1. The molecule has 1 aliphatic carbocycles. The predicted molar refractivity (Wildman–Crippen MR) is 71.9 cm³/mol. The molecule has 1 saturated carbocycles. The minimum atomic E-state index is -0.888. The Balaban J connectivity index is 2.50. The van der Waals surface area contributed by atoms with E-state index in [-0.39, 0.29) is 12.5 Å². The summed E-state index contributed by atoms with van der Waals surface area (Å²) in [6.07, 6.45) is 1.32. The number of rotatable bonds is 6. The molecule has 0 radical (unpaired) electrons. The predicted octanol–water partition coefficient (Wildman–Crippen LogP) is 3.13. The molecule has 20 heavy (non-hydrogen) atoms. The monoisotopic (exact) mass is 282 g/mol. The van der Waals surface area contributed by atoms with Crippen LogP contribution in [0.4, 0.5) is 4.39 Å². The highest BCUT2D eigenvalue weighted by molar-refractivity contribution is 5.71. The van der Waals surface area contributed by atoms with Crippen molar-refractivity contribution in [2.24, 2.45) is 0 Å². The van der Waals surface area contributed by atoms with Crippen LogP contribution in [0, 0.1) is 5.82 Å². The number of halogens is 1. The number of carboxylic acids is 1. The summed E-state index contributed by atoms with van der Waals surface area (Å²) in [4.78, 5) is 11.0. The molecule has 0 atom stereocenters. The van der Waals surface area contributed by atoms with Crippen molar-refractivity contribution in [1.29, 1.82) is 0 Å². The highest BCUT2D eigenvalue weighted by Crippen LogP contribution is 2.56. The Labute approximate surface area is 117 Å². The van der Waals surface area contributed by atoms with Gasteiger partial charge in [0.15, 0.2) is 11.5 Å². The van der Waals surface area contributed by atoms with Crippen LogP contribution in [-0.4, -0.2) is 24.3 Å². The largest absolute Gasteiger partial charge is 0.493 e. The van der Waals surface area contributed by atoms with Crippen LogP contribution in [0.5, 0.6) is 11.5 Å². The average molecular weight is 282 g/mol. The smallest absolute Gasteiger partial charge is 0.304 e. The molecule has 4 nitrogen and oxygen atoms in total. The van der Waals surface area contributed by atoms with Crippen molar-refractivity contribution in [1.82, 2.24) is 0 Å². The van der Waals surface area contributed by atoms with E-state index < -0.39 is 17.2 Å². The fourth-order valence-electron chi connectivity index (χ4n) is 2.45. The van der Waals surface area contributed by atoms with Gasteiger partial charge in [0, 0.05) is 17.0 Å². The van der Waals surface area contributed by atoms with E-state index in [2.05, 4.69) is 0 Å². The zero-order valence-electron chi connectivity index (χ0n) is 11.9. The van der Waals surface area contributed by atoms with Gasteiger partial charge in [0.1, 0.15) is 5.82 Å². The van der Waals surface area contributed by atoms with Crippen LogP contribution in [0.25, 0.3) is 0 Å². The minimum absolute atomic E-state index is 0.0198. The molecule has 0 aliphatic heterocycles. The number of aliphatic carboxylic acids is 1. The summed E-state index contributed by atoms with van der Waals surface area (Å²) in [6.45, 7) is 3.73. The van der Waals surface area contributed by atoms with E-state index in [0.717, 1.165) is 12.8 Å². The second kappa shape index (κ2) is 5.31. The lowest BCUT2D eigenvalue weighted by molar-refractivity contribution is -0.137. The Kier molecular flexibility index (Phi) is 3.88. The summed E-state index contributed by atoms with van der Waals surface area (Å²) in [6, 6.07) is 2.63. The highest BCUT2D eigenvalue weighted by Gasteiger charge is 2.48. The molecule has 1 aliphatic rings. The van der Waals surface area contributed by atoms with Gasteiger partial charge in [-0.25, -0.2) is 4.39 Å². The summed E-state index contributed by atoms with van der Waals surface area (Å²) in [7, 11) is 1.45. The van der Waals surface area contributed by atoms with Crippen molar-refractivity contribution in [2.75, 3.05) is 7.11 Å². The summed E-state index contributed by atoms with van der Waals surface area (Å²) < 4.78 is 24.7. The number of carbonyl (C=O) groups is 1. The maximum Gasteiger partial charge on any atom is 0.304 e. The first-order valence-corrected chi connectivity index (χ1v) is 6.64. The Hall–Kier alpha value is -1.78. The maximum absolute atomic E-state index is 13.7. The second-order valence-electron chi connectivity index (χ2n) is 5.50. The van der Waals surface area contributed by atoms with Crippen molar-refractivity contribution in [2.45, 2.75) is 44.6 Å². The molecule has 0 amide bonds. The van der Waals surface area contributed by atoms with Crippen molar-refractivity contribution in [3.05, 3.63) is 23.5 Å². The van der Waals surface area contributed by atoms with Crippen LogP contribution in [0.1, 0.15) is 38.7 Å². The summed E-state index contributed by atoms with van der Waals surface area (Å²) in [5.41, 5.74) is 0.0799. The second-order valence-corrected chi connectivity index (χ2v) is 5.50. The molecule has 0 aromatic heterocycles. The van der Waals surface area contributed by atoms with E-state index in [1.807, 2.05) is 13.8 Å². The lowest BCUT2D eigenvalue weighted by Gasteiger charge is -2.22. The van der Waals surface area contributed by atoms with E-state index >= 15 is 0 Å². The molecule has 0 bridgehead atoms. The number of hydrogen-bond donors (Lipinski definition) is 1. The van der Waals surface area contributed by atoms with Gasteiger partial charge in [-0.15, -0.1) is 0 Å². The Morgan fingerprint density at radius 1 is 1.45 bits per heavy atom. The van der Waals surface area contributed by atoms with Gasteiger partial charge in [0.2, 0.25) is 0 Å². The fourth-order valence-corrected chi connectivity index (χ4v) is 2.45. The first-order chi connectivity index (χ1) is 9.38. The molecule has 5 heteroatoms. The molecule has 0 heterocycles. The Morgan fingerprint density at radius 2 is 2.10 bits per heavy atom. The summed E-state index contributed by atoms with van der Waals surface area (Å²) >= 11 is 0. The Bertz CT molecular complexity index is 521. The molecule has 0 spiro atoms. The molecule has 0 unspecified atom stereocenters. The third kappa shape index (κ3) is 2.86. The van der Waals surface area contributed by atoms with Gasteiger partial charge in [-0.2, -0.15) is 0 Å². The standard InChI is InChI=1S/C15H19FO4/c1-9(2)20-14-11(6-10(16)7-12(14)19-3)15(4-5-15)8-13(17)18/h6-7,9H,4-5,8H2,1-3H3,(H,17,18). The van der Waals surface area contributed by atoms with Crippen LogP contribution in [0.2, 0.25) is 0 Å². The molecule has 1 aromatic rings. The van der Waals surface area contributed by atoms with Crippen molar-refractivity contribution in [3.8, 4) is 11.5 Å². The maximum atomic E-state index is 13.7. The fraction of sp³-hybridized carbons (Fsp3) is 0.533. The van der Waals surface area contributed by atoms with E-state index in [4.69, 9.17) is 14.6 Å². The SMILES string of the molecule is COc1cc(F)cc(C2(CC(=O)O)CC2)c1OC(C)C. The highest BCUT2D eigenvalue weighted by atomic mass is 19.1. The third-order valence-electron chi connectivity index (χ3n) is 3.51. The normalized spacial score (nSPS) is 16.1. The zero-order valence-corrected chi connectivity index (χ0v) is 11.9. The van der Waals surface area contributed by atoms with E-state index in [9.17, 15) is 9.18 Å². The molecule has 0 saturated heterocycles. The number of ether oxygens (including phenoxy) is 2. The van der Waals surface area contributed by atoms with Crippen LogP contribution in [0.3, 0.4) is 0 Å². The molecule has 1 N–H and O–H groups in total. The van der Waals surface area contributed by atoms with Crippen LogP contribution in [-0.2, 0) is 10.2 Å². The molecule has 2 rings (SSSR count). The topological polar surface area (TPSA) is 55.8 Å². The number of methoxy groups -OCH3 is 1. The van der Waals surface area contributed by atoms with E-state index in [1.54, 1.807) is 0 Å². The molecule has 1 aromatic carbocycles. The summed E-state index contributed by atoms with van der Waals surface area (Å²) in [5, 5.41) is 9.05. The quantitative estimate of drug-likeness (QED) is 0.871. The first-order valence-electron chi connectivity index (χ1n) is 6.64. The lowest BCUT2D eigenvalue weighted by Crippen LogP contribution is -2.17. The summed E-state index contributed by atoms with van der Waals surface area (Å²) in [5.74, 6) is -0.557. The van der Waals surface area contributed by atoms with E-state index in [1.165, 1.54) is 19.2 Å². The molecule has 110 valence electrons. The average Bonchev–Trinajstić information content (AvgIpc) is 3.10. The van der Waals surface area contributed by atoms with Crippen LogP contribution >= 0.6 is 0 Å². The Morgan fingerprint density at radius 3 is 2.55 bits per heavy atom. The number of hydrogen-bond acceptors (Lipinski definition) is 3. The van der Waals surface area contributed by atoms with Crippen molar-refractivity contribution >= 4 is 5.97 Å². The number of benzene rings is 1. The van der Waals surface area contributed by atoms with Crippen LogP contribution < -0.4 is 9.47 Å². The van der Waals surface area contributed by atoms with Crippen molar-refractivity contribution < 1.29 is 23.8 Å². The first kappa shape index (κ1) is 14.6.